The maximum atomic E-state index is 5.64. The van der Waals surface area contributed by atoms with Crippen molar-refractivity contribution in [2.75, 3.05) is 0 Å². The van der Waals surface area contributed by atoms with E-state index in [-0.39, 0.29) is 0 Å². The summed E-state index contributed by atoms with van der Waals surface area (Å²) in [5, 5.41) is 0. The molecule has 1 aliphatic carbocycles. The standard InChI is InChI=1S/C12H22N4/c1-9(10-3-4-10)11(15-13)5-6-12-14-7-8-16(12)2/h7-11,15H,3-6,13H2,1-2H3. The topological polar surface area (TPSA) is 55.9 Å². The molecule has 0 saturated heterocycles. The molecule has 2 unspecified atom stereocenters. The average Bonchev–Trinajstić information content (AvgIpc) is 3.05. The van der Waals surface area contributed by atoms with Crippen LogP contribution >= 0.6 is 0 Å². The Balaban J connectivity index is 1.85. The van der Waals surface area contributed by atoms with Gasteiger partial charge in [0.05, 0.1) is 0 Å². The third-order valence-corrected chi connectivity index (χ3v) is 3.81. The zero-order valence-electron chi connectivity index (χ0n) is 10.2. The van der Waals surface area contributed by atoms with E-state index < -0.39 is 0 Å². The molecule has 90 valence electrons. The van der Waals surface area contributed by atoms with E-state index in [1.165, 1.54) is 12.8 Å². The minimum absolute atomic E-state index is 0.421. The lowest BCUT2D eigenvalue weighted by molar-refractivity contribution is 0.326. The smallest absolute Gasteiger partial charge is 0.108 e. The third kappa shape index (κ3) is 2.62. The van der Waals surface area contributed by atoms with Gasteiger partial charge >= 0.3 is 0 Å². The molecule has 1 fully saturated rings. The maximum Gasteiger partial charge on any atom is 0.108 e. The first-order valence-electron chi connectivity index (χ1n) is 6.14. The van der Waals surface area contributed by atoms with Crippen molar-refractivity contribution in [1.82, 2.24) is 15.0 Å². The van der Waals surface area contributed by atoms with E-state index in [2.05, 4.69) is 21.9 Å². The molecule has 0 amide bonds. The Kier molecular flexibility index (Phi) is 3.61. The van der Waals surface area contributed by atoms with E-state index >= 15 is 0 Å². The molecule has 16 heavy (non-hydrogen) atoms. The SMILES string of the molecule is CC(C1CC1)C(CCc1nccn1C)NN. The van der Waals surface area contributed by atoms with Crippen LogP contribution in [0.3, 0.4) is 0 Å². The highest BCUT2D eigenvalue weighted by Gasteiger charge is 2.32. The van der Waals surface area contributed by atoms with Gasteiger partial charge < -0.3 is 4.57 Å². The Hall–Kier alpha value is -0.870. The quantitative estimate of drug-likeness (QED) is 0.562. The molecule has 1 aromatic heterocycles. The minimum atomic E-state index is 0.421. The second-order valence-corrected chi connectivity index (χ2v) is 4.96. The van der Waals surface area contributed by atoms with Crippen molar-refractivity contribution in [2.24, 2.45) is 24.7 Å². The Morgan fingerprint density at radius 1 is 1.62 bits per heavy atom. The Morgan fingerprint density at radius 2 is 2.38 bits per heavy atom. The van der Waals surface area contributed by atoms with Gasteiger partial charge in [0, 0.05) is 31.9 Å². The molecular weight excluding hydrogens is 200 g/mol. The van der Waals surface area contributed by atoms with E-state index in [0.717, 1.165) is 24.6 Å². The van der Waals surface area contributed by atoms with Crippen LogP contribution in [0.15, 0.2) is 12.4 Å². The van der Waals surface area contributed by atoms with Gasteiger partial charge in [-0.15, -0.1) is 0 Å². The first-order valence-corrected chi connectivity index (χ1v) is 6.14. The van der Waals surface area contributed by atoms with Gasteiger partial charge in [0.25, 0.3) is 0 Å². The molecule has 3 N–H and O–H groups in total. The number of rotatable bonds is 6. The van der Waals surface area contributed by atoms with Gasteiger partial charge in [-0.1, -0.05) is 6.92 Å². The van der Waals surface area contributed by atoms with Gasteiger partial charge in [-0.2, -0.15) is 0 Å². The molecule has 2 atom stereocenters. The van der Waals surface area contributed by atoms with Crippen molar-refractivity contribution in [2.45, 2.75) is 38.6 Å². The van der Waals surface area contributed by atoms with Gasteiger partial charge in [0.1, 0.15) is 5.82 Å². The van der Waals surface area contributed by atoms with E-state index in [9.17, 15) is 0 Å². The molecule has 4 heteroatoms. The van der Waals surface area contributed by atoms with E-state index in [1.807, 2.05) is 19.4 Å². The predicted octanol–water partition coefficient (Wildman–Crippen LogP) is 1.23. The number of hydrogen-bond acceptors (Lipinski definition) is 3. The molecule has 0 radical (unpaired) electrons. The lowest BCUT2D eigenvalue weighted by Crippen LogP contribution is -2.41. The lowest BCUT2D eigenvalue weighted by atomic mass is 9.93. The summed E-state index contributed by atoms with van der Waals surface area (Å²) in [6, 6.07) is 0.421. The second kappa shape index (κ2) is 4.97. The highest BCUT2D eigenvalue weighted by Crippen LogP contribution is 2.38. The molecule has 0 aromatic carbocycles. The zero-order chi connectivity index (χ0) is 11.5. The van der Waals surface area contributed by atoms with Crippen LogP contribution in [0.4, 0.5) is 0 Å². The fourth-order valence-corrected chi connectivity index (χ4v) is 2.37. The van der Waals surface area contributed by atoms with Gasteiger partial charge in [-0.25, -0.2) is 4.98 Å². The molecule has 0 bridgehead atoms. The highest BCUT2D eigenvalue weighted by atomic mass is 15.2. The second-order valence-electron chi connectivity index (χ2n) is 4.96. The summed E-state index contributed by atoms with van der Waals surface area (Å²) in [4.78, 5) is 4.34. The first-order chi connectivity index (χ1) is 7.72. The molecule has 1 heterocycles. The largest absolute Gasteiger partial charge is 0.338 e. The Bertz CT molecular complexity index is 330. The number of aryl methyl sites for hydroxylation is 2. The van der Waals surface area contributed by atoms with Crippen molar-refractivity contribution in [3.8, 4) is 0 Å². The van der Waals surface area contributed by atoms with E-state index in [0.29, 0.717) is 12.0 Å². The summed E-state index contributed by atoms with van der Waals surface area (Å²) < 4.78 is 2.08. The number of hydrogen-bond donors (Lipinski definition) is 2. The molecule has 1 aromatic rings. The summed E-state index contributed by atoms with van der Waals surface area (Å²) >= 11 is 0. The third-order valence-electron chi connectivity index (χ3n) is 3.81. The highest BCUT2D eigenvalue weighted by molar-refractivity contribution is 4.93. The minimum Gasteiger partial charge on any atom is -0.338 e. The van der Waals surface area contributed by atoms with Crippen molar-refractivity contribution in [3.05, 3.63) is 18.2 Å². The van der Waals surface area contributed by atoms with Gasteiger partial charge in [0.15, 0.2) is 0 Å². The predicted molar refractivity (Wildman–Crippen MR) is 64.5 cm³/mol. The van der Waals surface area contributed by atoms with E-state index in [4.69, 9.17) is 5.84 Å². The van der Waals surface area contributed by atoms with E-state index in [1.54, 1.807) is 0 Å². The van der Waals surface area contributed by atoms with Crippen molar-refractivity contribution in [3.63, 3.8) is 0 Å². The van der Waals surface area contributed by atoms with Gasteiger partial charge in [-0.05, 0) is 31.1 Å². The number of nitrogens with one attached hydrogen (secondary N) is 1. The van der Waals surface area contributed by atoms with Crippen molar-refractivity contribution >= 4 is 0 Å². The van der Waals surface area contributed by atoms with Crippen LogP contribution in [0.1, 0.15) is 32.0 Å². The summed E-state index contributed by atoms with van der Waals surface area (Å²) in [5.74, 6) is 8.36. The molecular formula is C12H22N4. The summed E-state index contributed by atoms with van der Waals surface area (Å²) in [6.45, 7) is 2.31. The summed E-state index contributed by atoms with van der Waals surface area (Å²) in [7, 11) is 2.04. The van der Waals surface area contributed by atoms with Crippen LogP contribution < -0.4 is 11.3 Å². The fraction of sp³-hybridized carbons (Fsp3) is 0.750. The van der Waals surface area contributed by atoms with Crippen LogP contribution in [0.25, 0.3) is 0 Å². The Morgan fingerprint density at radius 3 is 2.88 bits per heavy atom. The molecule has 1 aliphatic rings. The number of hydrazine groups is 1. The van der Waals surface area contributed by atoms with Gasteiger partial charge in [0.2, 0.25) is 0 Å². The molecule has 4 nitrogen and oxygen atoms in total. The number of nitrogens with two attached hydrogens (primary N) is 1. The molecule has 0 aliphatic heterocycles. The van der Waals surface area contributed by atoms with Crippen LogP contribution in [0, 0.1) is 11.8 Å². The average molecular weight is 222 g/mol. The fourth-order valence-electron chi connectivity index (χ4n) is 2.37. The van der Waals surface area contributed by atoms with Crippen LogP contribution in [0.2, 0.25) is 0 Å². The summed E-state index contributed by atoms with van der Waals surface area (Å²) in [6.07, 6.45) is 8.66. The molecule has 0 spiro atoms. The number of nitrogens with zero attached hydrogens (tertiary/aromatic N) is 2. The molecule has 1 saturated carbocycles. The first kappa shape index (κ1) is 11.6. The lowest BCUT2D eigenvalue weighted by Gasteiger charge is -2.22. The van der Waals surface area contributed by atoms with Crippen LogP contribution in [0.5, 0.6) is 0 Å². The van der Waals surface area contributed by atoms with Crippen molar-refractivity contribution < 1.29 is 0 Å². The Labute approximate surface area is 97.2 Å². The number of imidazole rings is 1. The monoisotopic (exact) mass is 222 g/mol. The zero-order valence-corrected chi connectivity index (χ0v) is 10.2. The maximum absolute atomic E-state index is 5.64. The molecule has 2 rings (SSSR count). The van der Waals surface area contributed by atoms with Gasteiger partial charge in [-0.3, -0.25) is 11.3 Å². The van der Waals surface area contributed by atoms with Crippen LogP contribution in [-0.4, -0.2) is 15.6 Å². The van der Waals surface area contributed by atoms with Crippen molar-refractivity contribution in [1.29, 1.82) is 0 Å². The summed E-state index contributed by atoms with van der Waals surface area (Å²) in [5.41, 5.74) is 2.97. The number of aromatic nitrogens is 2. The van der Waals surface area contributed by atoms with Crippen LogP contribution in [-0.2, 0) is 13.5 Å². The normalized spacial score (nSPS) is 19.7.